The van der Waals surface area contributed by atoms with Gasteiger partial charge in [0.05, 0.1) is 7.11 Å². The van der Waals surface area contributed by atoms with Crippen molar-refractivity contribution in [2.45, 2.75) is 6.92 Å². The van der Waals surface area contributed by atoms with Gasteiger partial charge in [0, 0.05) is 36.6 Å². The van der Waals surface area contributed by atoms with Gasteiger partial charge in [0.2, 0.25) is 0 Å². The molecule has 0 aliphatic rings. The van der Waals surface area contributed by atoms with E-state index in [9.17, 15) is 0 Å². The molecule has 0 heterocycles. The normalized spacial score (nSPS) is 9.00. The quantitative estimate of drug-likeness (QED) is 0.633. The van der Waals surface area contributed by atoms with Gasteiger partial charge in [0.15, 0.2) is 0 Å². The van der Waals surface area contributed by atoms with Crippen LogP contribution < -0.4 is 15.4 Å². The Bertz CT molecular complexity index is 455. The summed E-state index contributed by atoms with van der Waals surface area (Å²) in [6.45, 7) is 13.2. The number of methoxy groups -OCH3 is 1. The van der Waals surface area contributed by atoms with Crippen LogP contribution in [0.5, 0.6) is 5.75 Å². The predicted octanol–water partition coefficient (Wildman–Crippen LogP) is 2.90. The summed E-state index contributed by atoms with van der Waals surface area (Å²) in [7, 11) is 3.67. The maximum absolute atomic E-state index is 5.71. The predicted molar refractivity (Wildman–Crippen MR) is 84.1 cm³/mol. The number of nitrogens with two attached hydrogens (primary N) is 1. The smallest absolute Gasteiger partial charge is 0.120 e. The lowest BCUT2D eigenvalue weighted by Gasteiger charge is -2.22. The third kappa shape index (κ3) is 4.17. The lowest BCUT2D eigenvalue weighted by Crippen LogP contribution is -2.18. The first-order valence-corrected chi connectivity index (χ1v) is 5.89. The highest BCUT2D eigenvalue weighted by atomic mass is 16.5. The third-order valence-electron chi connectivity index (χ3n) is 2.80. The van der Waals surface area contributed by atoms with E-state index in [1.807, 2.05) is 25.2 Å². The first-order chi connectivity index (χ1) is 9.01. The third-order valence-corrected chi connectivity index (χ3v) is 2.80. The fraction of sp³-hybridized carbons (Fsp3) is 0.267. The van der Waals surface area contributed by atoms with Crippen molar-refractivity contribution in [3.05, 3.63) is 42.6 Å². The molecule has 0 fully saturated rings. The number of hydrogen-bond donors (Lipinski definition) is 2. The first-order valence-electron chi connectivity index (χ1n) is 5.89. The number of nitrogens with zero attached hydrogens (tertiary/aromatic N) is 1. The molecule has 0 aliphatic carbocycles. The second-order valence-corrected chi connectivity index (χ2v) is 3.90. The summed E-state index contributed by atoms with van der Waals surface area (Å²) in [4.78, 5) is 2.12. The van der Waals surface area contributed by atoms with Crippen molar-refractivity contribution < 1.29 is 4.74 Å². The molecule has 19 heavy (non-hydrogen) atoms. The monoisotopic (exact) mass is 261 g/mol. The first kappa shape index (κ1) is 16.8. The number of ether oxygens (including phenoxy) is 1. The van der Waals surface area contributed by atoms with E-state index in [2.05, 4.69) is 31.7 Å². The molecule has 0 aromatic heterocycles. The highest BCUT2D eigenvalue weighted by molar-refractivity contribution is 5.84. The van der Waals surface area contributed by atoms with Gasteiger partial charge in [0.25, 0.3) is 0 Å². The minimum absolute atomic E-state index is 0.487. The van der Waals surface area contributed by atoms with Crippen LogP contribution in [0.2, 0.25) is 0 Å². The minimum atomic E-state index is 0.487. The van der Waals surface area contributed by atoms with Gasteiger partial charge in [-0.3, -0.25) is 0 Å². The maximum atomic E-state index is 5.71. The van der Waals surface area contributed by atoms with Crippen molar-refractivity contribution in [1.29, 1.82) is 5.41 Å². The Labute approximate surface area is 115 Å². The summed E-state index contributed by atoms with van der Waals surface area (Å²) in [6, 6.07) is 5.84. The molecule has 104 valence electrons. The zero-order valence-corrected chi connectivity index (χ0v) is 12.0. The van der Waals surface area contributed by atoms with Gasteiger partial charge in [-0.1, -0.05) is 13.2 Å². The molecule has 0 aliphatic heterocycles. The number of allylic oxidation sites excluding steroid dienone is 1. The van der Waals surface area contributed by atoms with Crippen LogP contribution in [-0.4, -0.2) is 27.4 Å². The van der Waals surface area contributed by atoms with Crippen LogP contribution in [0.25, 0.3) is 5.57 Å². The maximum Gasteiger partial charge on any atom is 0.120 e. The lowest BCUT2D eigenvalue weighted by atomic mass is 10.0. The summed E-state index contributed by atoms with van der Waals surface area (Å²) in [5, 5.41) is 5.50. The van der Waals surface area contributed by atoms with Crippen LogP contribution in [0, 0.1) is 5.41 Å². The number of hydrogen-bond acceptors (Lipinski definition) is 4. The van der Waals surface area contributed by atoms with E-state index < -0.39 is 0 Å². The highest BCUT2D eigenvalue weighted by Crippen LogP contribution is 2.31. The van der Waals surface area contributed by atoms with E-state index >= 15 is 0 Å². The molecule has 0 radical (unpaired) electrons. The Morgan fingerprint density at radius 1 is 1.37 bits per heavy atom. The van der Waals surface area contributed by atoms with Crippen LogP contribution in [0.4, 0.5) is 5.69 Å². The molecule has 1 aromatic rings. The lowest BCUT2D eigenvalue weighted by molar-refractivity contribution is 0.415. The fourth-order valence-electron chi connectivity index (χ4n) is 1.55. The molecule has 1 rings (SSSR count). The van der Waals surface area contributed by atoms with Gasteiger partial charge in [-0.2, -0.15) is 0 Å². The summed E-state index contributed by atoms with van der Waals surface area (Å²) in [5.41, 5.74) is 8.98. The summed E-state index contributed by atoms with van der Waals surface area (Å²) < 4.78 is 5.23. The summed E-state index contributed by atoms with van der Waals surface area (Å²) in [6.07, 6.45) is 0. The SMILES string of the molecule is C=C(N)C(=C)c1ccc(OC)cc1N(C)CC.C=N. The molecule has 0 spiro atoms. The van der Waals surface area contributed by atoms with Crippen LogP contribution in [-0.2, 0) is 0 Å². The van der Waals surface area contributed by atoms with E-state index in [1.165, 1.54) is 0 Å². The molecule has 4 nitrogen and oxygen atoms in total. The highest BCUT2D eigenvalue weighted by Gasteiger charge is 2.11. The van der Waals surface area contributed by atoms with Crippen molar-refractivity contribution in [2.24, 2.45) is 5.73 Å². The molecule has 4 heteroatoms. The molecular formula is C15H23N3O. The van der Waals surface area contributed by atoms with Gasteiger partial charge < -0.3 is 20.8 Å². The summed E-state index contributed by atoms with van der Waals surface area (Å²) in [5.74, 6) is 0.819. The molecule has 0 bridgehead atoms. The van der Waals surface area contributed by atoms with Crippen molar-refractivity contribution >= 4 is 18.0 Å². The van der Waals surface area contributed by atoms with Crippen molar-refractivity contribution in [3.8, 4) is 5.75 Å². The molecule has 0 saturated heterocycles. The van der Waals surface area contributed by atoms with Crippen molar-refractivity contribution in [2.75, 3.05) is 25.6 Å². The molecule has 0 amide bonds. The Hall–Kier alpha value is -2.23. The zero-order valence-electron chi connectivity index (χ0n) is 12.0. The number of anilines is 1. The summed E-state index contributed by atoms with van der Waals surface area (Å²) >= 11 is 0. The van der Waals surface area contributed by atoms with Crippen LogP contribution in [0.3, 0.4) is 0 Å². The van der Waals surface area contributed by atoms with E-state index in [1.54, 1.807) is 7.11 Å². The number of rotatable bonds is 5. The van der Waals surface area contributed by atoms with E-state index in [4.69, 9.17) is 15.9 Å². The van der Waals surface area contributed by atoms with Gasteiger partial charge in [-0.15, -0.1) is 0 Å². The molecule has 3 N–H and O–H groups in total. The second-order valence-electron chi connectivity index (χ2n) is 3.90. The number of benzene rings is 1. The van der Waals surface area contributed by atoms with Gasteiger partial charge in [-0.05, 0) is 31.3 Å². The average molecular weight is 261 g/mol. The van der Waals surface area contributed by atoms with Crippen LogP contribution in [0.15, 0.2) is 37.1 Å². The molecule has 1 aromatic carbocycles. The van der Waals surface area contributed by atoms with Crippen LogP contribution >= 0.6 is 0 Å². The molecule has 0 atom stereocenters. The largest absolute Gasteiger partial charge is 0.497 e. The Kier molecular flexibility index (Phi) is 7.04. The van der Waals surface area contributed by atoms with Crippen molar-refractivity contribution in [3.63, 3.8) is 0 Å². The van der Waals surface area contributed by atoms with Crippen LogP contribution in [0.1, 0.15) is 12.5 Å². The molecular weight excluding hydrogens is 238 g/mol. The Balaban J connectivity index is 0.00000154. The van der Waals surface area contributed by atoms with Gasteiger partial charge in [-0.25, -0.2) is 0 Å². The standard InChI is InChI=1S/C14H20N2O.CH3N/c1-6-16(4)14-9-12(17-5)7-8-13(14)10(2)11(3)15;1-2/h7-9H,2-3,6,15H2,1,4-5H3;2H,1H2. The number of nitrogens with one attached hydrogen (secondary N) is 1. The van der Waals surface area contributed by atoms with E-state index in [-0.39, 0.29) is 0 Å². The van der Waals surface area contributed by atoms with Crippen molar-refractivity contribution in [1.82, 2.24) is 0 Å². The Morgan fingerprint density at radius 2 is 1.95 bits per heavy atom. The van der Waals surface area contributed by atoms with E-state index in [0.717, 1.165) is 29.1 Å². The van der Waals surface area contributed by atoms with Gasteiger partial charge in [0.1, 0.15) is 5.75 Å². The zero-order chi connectivity index (χ0) is 15.0. The fourth-order valence-corrected chi connectivity index (χ4v) is 1.55. The topological polar surface area (TPSA) is 62.3 Å². The average Bonchev–Trinajstić information content (AvgIpc) is 2.46. The van der Waals surface area contributed by atoms with Gasteiger partial charge >= 0.3 is 0 Å². The van der Waals surface area contributed by atoms with E-state index in [0.29, 0.717) is 5.70 Å². The minimum Gasteiger partial charge on any atom is -0.497 e. The molecule has 0 unspecified atom stereocenters. The molecule has 0 saturated carbocycles. The second kappa shape index (κ2) is 7.97. The Morgan fingerprint density at radius 3 is 2.37 bits per heavy atom.